The van der Waals surface area contributed by atoms with Crippen molar-refractivity contribution in [3.05, 3.63) is 46.1 Å². The fourth-order valence-corrected chi connectivity index (χ4v) is 3.33. The highest BCUT2D eigenvalue weighted by Crippen LogP contribution is 2.32. The number of sulfone groups is 1. The Balaban J connectivity index is 2.32. The Labute approximate surface area is 157 Å². The fourth-order valence-electron chi connectivity index (χ4n) is 2.29. The van der Waals surface area contributed by atoms with Crippen molar-refractivity contribution in [2.75, 3.05) is 5.75 Å². The summed E-state index contributed by atoms with van der Waals surface area (Å²) < 4.78 is 102. The average molecular weight is 441 g/mol. The molecular formula is C14H9F6N5O3S. The van der Waals surface area contributed by atoms with Crippen molar-refractivity contribution in [1.82, 2.24) is 24.4 Å². The second-order valence-corrected chi connectivity index (χ2v) is 7.87. The molecule has 0 aliphatic carbocycles. The van der Waals surface area contributed by atoms with Crippen molar-refractivity contribution in [2.24, 2.45) is 0 Å². The highest BCUT2D eigenvalue weighted by Gasteiger charge is 2.35. The second-order valence-electron chi connectivity index (χ2n) is 5.63. The fraction of sp³-hybridized carbons (Fsp3) is 0.286. The third-order valence-electron chi connectivity index (χ3n) is 3.75. The summed E-state index contributed by atoms with van der Waals surface area (Å²) in [5.74, 6) is -1.41. The predicted molar refractivity (Wildman–Crippen MR) is 84.1 cm³/mol. The van der Waals surface area contributed by atoms with E-state index in [1.165, 1.54) is 0 Å². The SMILES string of the molecule is CCS(=O)(=O)c1cc(C(F)(F)F)cnc1-n1nc2ccc(C(F)(F)F)nn2c1=O. The third-order valence-corrected chi connectivity index (χ3v) is 5.48. The minimum Gasteiger partial charge on any atom is -0.243 e. The van der Waals surface area contributed by atoms with Crippen LogP contribution in [-0.2, 0) is 22.2 Å². The van der Waals surface area contributed by atoms with E-state index >= 15 is 0 Å². The van der Waals surface area contributed by atoms with Crippen LogP contribution in [0.1, 0.15) is 18.2 Å². The maximum atomic E-state index is 13.0. The topological polar surface area (TPSA) is 99.2 Å². The van der Waals surface area contributed by atoms with E-state index in [0.717, 1.165) is 13.0 Å². The van der Waals surface area contributed by atoms with Gasteiger partial charge in [-0.25, -0.2) is 18.2 Å². The normalized spacial score (nSPS) is 13.2. The van der Waals surface area contributed by atoms with Crippen LogP contribution < -0.4 is 5.69 Å². The zero-order valence-electron chi connectivity index (χ0n) is 14.2. The molecule has 0 spiro atoms. The van der Waals surface area contributed by atoms with Gasteiger partial charge in [-0.05, 0) is 18.2 Å². The Bertz CT molecular complexity index is 1260. The van der Waals surface area contributed by atoms with Crippen LogP contribution in [-0.4, -0.2) is 38.5 Å². The van der Waals surface area contributed by atoms with Crippen LogP contribution in [0.5, 0.6) is 0 Å². The quantitative estimate of drug-likeness (QED) is 0.578. The van der Waals surface area contributed by atoms with Crippen molar-refractivity contribution in [3.63, 3.8) is 0 Å². The largest absolute Gasteiger partial charge is 0.435 e. The molecule has 0 saturated carbocycles. The summed E-state index contributed by atoms with van der Waals surface area (Å²) >= 11 is 0. The zero-order valence-corrected chi connectivity index (χ0v) is 15.0. The molecule has 0 aliphatic rings. The highest BCUT2D eigenvalue weighted by molar-refractivity contribution is 7.91. The number of aromatic nitrogens is 5. The minimum atomic E-state index is -4.92. The molecule has 0 aromatic carbocycles. The van der Waals surface area contributed by atoms with E-state index in [-0.39, 0.29) is 21.5 Å². The molecule has 3 aromatic heterocycles. The molecule has 0 saturated heterocycles. The van der Waals surface area contributed by atoms with Gasteiger partial charge in [-0.3, -0.25) is 0 Å². The van der Waals surface area contributed by atoms with Crippen molar-refractivity contribution in [3.8, 4) is 5.82 Å². The minimum absolute atomic E-state index is 0.241. The van der Waals surface area contributed by atoms with Crippen molar-refractivity contribution in [1.29, 1.82) is 0 Å². The summed E-state index contributed by atoms with van der Waals surface area (Å²) in [6.07, 6.45) is -9.51. The lowest BCUT2D eigenvalue weighted by molar-refractivity contribution is -0.142. The van der Waals surface area contributed by atoms with Crippen LogP contribution in [0.2, 0.25) is 0 Å². The van der Waals surface area contributed by atoms with E-state index < -0.39 is 61.3 Å². The molecule has 0 radical (unpaired) electrons. The Morgan fingerprint density at radius 3 is 2.24 bits per heavy atom. The molecule has 0 fully saturated rings. The van der Waals surface area contributed by atoms with Gasteiger partial charge in [0.15, 0.2) is 27.0 Å². The standard InChI is InChI=1S/C14H9F6N5O3S/c1-2-29(27,28)8-5-7(13(15,16)17)6-21-11(8)25-12(26)24-10(23-25)4-3-9(22-24)14(18,19)20/h3-6H,2H2,1H3. The molecule has 156 valence electrons. The summed E-state index contributed by atoms with van der Waals surface area (Å²) in [6.45, 7) is 1.16. The Kier molecular flexibility index (Phi) is 4.68. The number of rotatable bonds is 3. The highest BCUT2D eigenvalue weighted by atomic mass is 32.2. The number of halogens is 6. The summed E-state index contributed by atoms with van der Waals surface area (Å²) in [5, 5.41) is 6.73. The van der Waals surface area contributed by atoms with Gasteiger partial charge in [0.25, 0.3) is 0 Å². The van der Waals surface area contributed by atoms with E-state index in [1.807, 2.05) is 0 Å². The van der Waals surface area contributed by atoms with E-state index in [4.69, 9.17) is 0 Å². The van der Waals surface area contributed by atoms with Gasteiger partial charge in [0.2, 0.25) is 0 Å². The first-order valence-electron chi connectivity index (χ1n) is 7.62. The molecule has 0 amide bonds. The van der Waals surface area contributed by atoms with Crippen LogP contribution in [0.15, 0.2) is 34.1 Å². The van der Waals surface area contributed by atoms with Gasteiger partial charge >= 0.3 is 18.0 Å². The molecular weight excluding hydrogens is 432 g/mol. The molecule has 29 heavy (non-hydrogen) atoms. The average Bonchev–Trinajstić information content (AvgIpc) is 2.96. The van der Waals surface area contributed by atoms with Crippen molar-refractivity contribution >= 4 is 15.5 Å². The zero-order chi connectivity index (χ0) is 21.8. The number of hydrogen-bond donors (Lipinski definition) is 0. The van der Waals surface area contributed by atoms with Crippen LogP contribution in [0.3, 0.4) is 0 Å². The first-order chi connectivity index (χ1) is 13.3. The van der Waals surface area contributed by atoms with E-state index in [2.05, 4.69) is 15.2 Å². The molecule has 3 aromatic rings. The smallest absolute Gasteiger partial charge is 0.243 e. The van der Waals surface area contributed by atoms with Gasteiger partial charge in [0.05, 0.1) is 11.3 Å². The Morgan fingerprint density at radius 1 is 1.03 bits per heavy atom. The maximum absolute atomic E-state index is 13.0. The molecule has 15 heteroatoms. The summed E-state index contributed by atoms with van der Waals surface area (Å²) in [4.78, 5) is 14.9. The van der Waals surface area contributed by atoms with Crippen molar-refractivity contribution in [2.45, 2.75) is 24.2 Å². The van der Waals surface area contributed by atoms with Crippen LogP contribution >= 0.6 is 0 Å². The Hall–Kier alpha value is -2.97. The van der Waals surface area contributed by atoms with Gasteiger partial charge in [-0.2, -0.15) is 40.6 Å². The van der Waals surface area contributed by atoms with Gasteiger partial charge in [-0.15, -0.1) is 5.10 Å². The summed E-state index contributed by atoms with van der Waals surface area (Å²) in [5.41, 5.74) is -4.55. The van der Waals surface area contributed by atoms with Crippen molar-refractivity contribution < 1.29 is 34.8 Å². The number of nitrogens with zero attached hydrogens (tertiary/aromatic N) is 5. The van der Waals surface area contributed by atoms with Crippen LogP contribution in [0, 0.1) is 0 Å². The molecule has 8 nitrogen and oxygen atoms in total. The first kappa shape index (κ1) is 20.8. The van der Waals surface area contributed by atoms with E-state index in [0.29, 0.717) is 6.07 Å². The van der Waals surface area contributed by atoms with E-state index in [1.54, 1.807) is 0 Å². The van der Waals surface area contributed by atoms with Crippen LogP contribution in [0.25, 0.3) is 11.5 Å². The number of alkyl halides is 6. The van der Waals surface area contributed by atoms with Gasteiger partial charge < -0.3 is 0 Å². The predicted octanol–water partition coefficient (Wildman–Crippen LogP) is 2.11. The molecule has 0 aliphatic heterocycles. The van der Waals surface area contributed by atoms with Gasteiger partial charge in [0, 0.05) is 6.20 Å². The molecule has 3 rings (SSSR count). The molecule has 0 atom stereocenters. The lowest BCUT2D eigenvalue weighted by atomic mass is 10.3. The lowest BCUT2D eigenvalue weighted by Gasteiger charge is -2.11. The summed E-state index contributed by atoms with van der Waals surface area (Å²) in [7, 11) is -4.32. The number of hydrogen-bond acceptors (Lipinski definition) is 6. The second kappa shape index (κ2) is 6.53. The van der Waals surface area contributed by atoms with Gasteiger partial charge in [-0.1, -0.05) is 6.92 Å². The van der Waals surface area contributed by atoms with E-state index in [9.17, 15) is 39.6 Å². The number of fused-ring (bicyclic) bond motifs is 1. The third kappa shape index (κ3) is 3.68. The first-order valence-corrected chi connectivity index (χ1v) is 9.27. The molecule has 0 N–H and O–H groups in total. The lowest BCUT2D eigenvalue weighted by Crippen LogP contribution is -2.25. The summed E-state index contributed by atoms with van der Waals surface area (Å²) in [6, 6.07) is 1.62. The molecule has 0 unspecified atom stereocenters. The number of pyridine rings is 1. The molecule has 3 heterocycles. The molecule has 0 bridgehead atoms. The monoisotopic (exact) mass is 441 g/mol. The maximum Gasteiger partial charge on any atom is 0.435 e. The van der Waals surface area contributed by atoms with Gasteiger partial charge in [0.1, 0.15) is 4.90 Å². The van der Waals surface area contributed by atoms with Crippen LogP contribution in [0.4, 0.5) is 26.3 Å². The Morgan fingerprint density at radius 2 is 1.69 bits per heavy atom.